The number of imidazole rings is 1. The summed E-state index contributed by atoms with van der Waals surface area (Å²) in [6.07, 6.45) is -5.25. The van der Waals surface area contributed by atoms with E-state index in [2.05, 4.69) is 28.1 Å². The third kappa shape index (κ3) is 7.03. The molecular formula is C15H24N5O13P3S. The number of ether oxygens (including phenoxy) is 1. The SMILES string of the molecule is CC(C)(C)C(=S)c1nc2c(N)ncnc2n1[C@@H]1O[C@H](COP(=O)(O)OP(=O)(O)OP(=O)(O)O)[C@@H](O)[C@H]1O. The molecule has 6 atom stereocenters. The first-order chi connectivity index (χ1) is 16.7. The fourth-order valence-electron chi connectivity index (χ4n) is 3.21. The van der Waals surface area contributed by atoms with Gasteiger partial charge in [0.05, 0.1) is 11.5 Å². The van der Waals surface area contributed by atoms with Crippen molar-refractivity contribution in [2.75, 3.05) is 12.3 Å². The summed E-state index contributed by atoms with van der Waals surface area (Å²) in [5, 5.41) is 21.2. The van der Waals surface area contributed by atoms with Crippen LogP contribution >= 0.6 is 35.7 Å². The third-order valence-corrected chi connectivity index (χ3v) is 9.40. The summed E-state index contributed by atoms with van der Waals surface area (Å²) in [6.45, 7) is 4.42. The molecule has 1 fully saturated rings. The van der Waals surface area contributed by atoms with E-state index in [-0.39, 0.29) is 22.8 Å². The summed E-state index contributed by atoms with van der Waals surface area (Å²) >= 11 is 5.55. The third-order valence-electron chi connectivity index (χ3n) is 4.80. The number of hydrogen-bond donors (Lipinski definition) is 7. The highest BCUT2D eigenvalue weighted by Gasteiger charge is 2.48. The Hall–Kier alpha value is -1.27. The molecule has 208 valence electrons. The Morgan fingerprint density at radius 3 is 2.30 bits per heavy atom. The van der Waals surface area contributed by atoms with E-state index in [0.29, 0.717) is 4.86 Å². The number of phosphoric acid groups is 3. The van der Waals surface area contributed by atoms with Crippen LogP contribution in [0.4, 0.5) is 5.82 Å². The summed E-state index contributed by atoms with van der Waals surface area (Å²) in [4.78, 5) is 48.8. The summed E-state index contributed by atoms with van der Waals surface area (Å²) < 4.78 is 53.0. The van der Waals surface area contributed by atoms with E-state index in [0.717, 1.165) is 6.33 Å². The lowest BCUT2D eigenvalue weighted by Gasteiger charge is -2.24. The fourth-order valence-corrected chi connectivity index (χ4v) is 6.39. The van der Waals surface area contributed by atoms with Gasteiger partial charge in [-0.25, -0.2) is 28.6 Å². The minimum absolute atomic E-state index is 0.000969. The molecule has 0 saturated carbocycles. The van der Waals surface area contributed by atoms with Crippen LogP contribution in [0.5, 0.6) is 0 Å². The van der Waals surface area contributed by atoms with Crippen molar-refractivity contribution in [1.82, 2.24) is 19.5 Å². The highest BCUT2D eigenvalue weighted by molar-refractivity contribution is 7.81. The average Bonchev–Trinajstić information content (AvgIpc) is 3.21. The molecule has 0 aromatic carbocycles. The number of aliphatic hydroxyl groups excluding tert-OH is 2. The van der Waals surface area contributed by atoms with Crippen LogP contribution < -0.4 is 5.73 Å². The monoisotopic (exact) mass is 607 g/mol. The van der Waals surface area contributed by atoms with Crippen molar-refractivity contribution in [3.05, 3.63) is 12.2 Å². The Morgan fingerprint density at radius 1 is 1.11 bits per heavy atom. The van der Waals surface area contributed by atoms with Gasteiger partial charge in [0.15, 0.2) is 29.0 Å². The largest absolute Gasteiger partial charge is 0.490 e. The maximum Gasteiger partial charge on any atom is 0.490 e. The first-order valence-electron chi connectivity index (χ1n) is 10.1. The molecular weight excluding hydrogens is 583 g/mol. The molecule has 1 saturated heterocycles. The van der Waals surface area contributed by atoms with E-state index in [9.17, 15) is 33.7 Å². The number of nitrogens with two attached hydrogens (primary N) is 1. The zero-order valence-corrected chi connectivity index (χ0v) is 22.8. The van der Waals surface area contributed by atoms with Crippen molar-refractivity contribution < 1.29 is 61.4 Å². The number of rotatable bonds is 9. The van der Waals surface area contributed by atoms with Crippen LogP contribution in [0.1, 0.15) is 32.8 Å². The van der Waals surface area contributed by atoms with Gasteiger partial charge >= 0.3 is 23.5 Å². The molecule has 0 aliphatic carbocycles. The number of anilines is 1. The molecule has 0 spiro atoms. The first-order valence-corrected chi connectivity index (χ1v) is 15.0. The quantitative estimate of drug-likeness (QED) is 0.113. The Bertz CT molecular complexity index is 1340. The second kappa shape index (κ2) is 10.4. The zero-order chi connectivity index (χ0) is 28.1. The van der Waals surface area contributed by atoms with E-state index in [1.54, 1.807) is 20.8 Å². The van der Waals surface area contributed by atoms with E-state index in [1.807, 2.05) is 0 Å². The lowest BCUT2D eigenvalue weighted by molar-refractivity contribution is -0.0505. The predicted octanol–water partition coefficient (Wildman–Crippen LogP) is 0.135. The Balaban J connectivity index is 1.87. The van der Waals surface area contributed by atoms with E-state index >= 15 is 0 Å². The van der Waals surface area contributed by atoms with Crippen molar-refractivity contribution in [1.29, 1.82) is 0 Å². The molecule has 2 aromatic heterocycles. The average molecular weight is 607 g/mol. The first kappa shape index (κ1) is 30.3. The maximum atomic E-state index is 12.0. The van der Waals surface area contributed by atoms with Gasteiger partial charge in [-0.3, -0.25) is 9.09 Å². The van der Waals surface area contributed by atoms with Gasteiger partial charge in [-0.2, -0.15) is 8.62 Å². The van der Waals surface area contributed by atoms with Gasteiger partial charge < -0.3 is 40.3 Å². The molecule has 1 aliphatic rings. The number of aromatic nitrogens is 4. The van der Waals surface area contributed by atoms with E-state index in [1.165, 1.54) is 4.57 Å². The normalized spacial score (nSPS) is 26.2. The van der Waals surface area contributed by atoms with Crippen LogP contribution in [0.15, 0.2) is 6.33 Å². The minimum atomic E-state index is -5.75. The predicted molar refractivity (Wildman–Crippen MR) is 127 cm³/mol. The molecule has 0 amide bonds. The lowest BCUT2D eigenvalue weighted by atomic mass is 9.91. The van der Waals surface area contributed by atoms with Gasteiger partial charge in [0.1, 0.15) is 24.6 Å². The molecule has 18 nitrogen and oxygen atoms in total. The molecule has 2 unspecified atom stereocenters. The van der Waals surface area contributed by atoms with Crippen LogP contribution in [0.3, 0.4) is 0 Å². The van der Waals surface area contributed by atoms with Gasteiger partial charge in [0.25, 0.3) is 0 Å². The Kier molecular flexibility index (Phi) is 8.48. The van der Waals surface area contributed by atoms with Gasteiger partial charge in [-0.05, 0) is 0 Å². The molecule has 22 heteroatoms. The molecule has 0 bridgehead atoms. The van der Waals surface area contributed by atoms with Crippen molar-refractivity contribution >= 4 is 57.5 Å². The maximum absolute atomic E-state index is 12.0. The Labute approximate surface area is 213 Å². The molecule has 1 aliphatic heterocycles. The van der Waals surface area contributed by atoms with Crippen LogP contribution in [-0.4, -0.2) is 79.1 Å². The highest BCUT2D eigenvalue weighted by Crippen LogP contribution is 2.66. The molecule has 37 heavy (non-hydrogen) atoms. The van der Waals surface area contributed by atoms with Crippen molar-refractivity contribution in [2.24, 2.45) is 5.41 Å². The second-order valence-electron chi connectivity index (χ2n) is 8.75. The fraction of sp³-hybridized carbons (Fsp3) is 0.600. The van der Waals surface area contributed by atoms with Gasteiger partial charge in [-0.15, -0.1) is 0 Å². The minimum Gasteiger partial charge on any atom is -0.387 e. The van der Waals surface area contributed by atoms with E-state index < -0.39 is 60.0 Å². The summed E-state index contributed by atoms with van der Waals surface area (Å²) in [5.74, 6) is 0.119. The van der Waals surface area contributed by atoms with Crippen LogP contribution in [0.2, 0.25) is 0 Å². The van der Waals surface area contributed by atoms with Crippen LogP contribution in [0, 0.1) is 5.41 Å². The number of thiocarbonyl (C=S) groups is 1. The van der Waals surface area contributed by atoms with Crippen molar-refractivity contribution in [3.8, 4) is 0 Å². The van der Waals surface area contributed by atoms with Gasteiger partial charge in [0, 0.05) is 5.41 Å². The Morgan fingerprint density at radius 2 is 1.73 bits per heavy atom. The number of hydrogen-bond acceptors (Lipinski definition) is 14. The molecule has 2 aromatic rings. The highest BCUT2D eigenvalue weighted by atomic mass is 32.1. The number of aliphatic hydroxyl groups is 2. The smallest absolute Gasteiger partial charge is 0.387 e. The number of fused-ring (bicyclic) bond motifs is 1. The van der Waals surface area contributed by atoms with Gasteiger partial charge in [0.2, 0.25) is 0 Å². The standard InChI is InChI=1S/C15H24N5O13P3S/c1-15(2,3)10(37)13-19-7-11(16)17-5-18-12(7)20(13)14-9(22)8(21)6(31-14)4-30-35(26,27)33-36(28,29)32-34(23,24)25/h5-6,8-9,14,21-22H,4H2,1-3H3,(H,26,27)(H,28,29)(H2,16,17,18)(H2,23,24,25)/t6-,8-,9-,14-/m1/s1. The van der Waals surface area contributed by atoms with Crippen molar-refractivity contribution in [3.63, 3.8) is 0 Å². The number of nitrogens with zero attached hydrogens (tertiary/aromatic N) is 4. The topological polar surface area (TPSA) is 279 Å². The lowest BCUT2D eigenvalue weighted by Crippen LogP contribution is -2.34. The van der Waals surface area contributed by atoms with Crippen LogP contribution in [-0.2, 0) is 31.6 Å². The summed E-state index contributed by atoms with van der Waals surface area (Å²) in [7, 11) is -16.8. The second-order valence-corrected chi connectivity index (χ2v) is 13.6. The van der Waals surface area contributed by atoms with Crippen LogP contribution in [0.25, 0.3) is 11.2 Å². The van der Waals surface area contributed by atoms with Crippen molar-refractivity contribution in [2.45, 2.75) is 45.3 Å². The molecule has 0 radical (unpaired) electrons. The molecule has 8 N–H and O–H groups in total. The zero-order valence-electron chi connectivity index (χ0n) is 19.3. The molecule has 3 heterocycles. The summed E-state index contributed by atoms with van der Waals surface area (Å²) in [5.41, 5.74) is 5.53. The van der Waals surface area contributed by atoms with E-state index in [4.69, 9.17) is 32.5 Å². The molecule has 3 rings (SSSR count). The number of phosphoric ester groups is 1. The number of nitrogen functional groups attached to an aromatic ring is 1. The summed E-state index contributed by atoms with van der Waals surface area (Å²) in [6, 6.07) is 0. The van der Waals surface area contributed by atoms with Gasteiger partial charge in [-0.1, -0.05) is 33.0 Å².